The highest BCUT2D eigenvalue weighted by atomic mass is 32.1. The second-order valence-corrected chi connectivity index (χ2v) is 7.88. The van der Waals surface area contributed by atoms with Crippen molar-refractivity contribution in [2.24, 2.45) is 0 Å². The Labute approximate surface area is 179 Å². The lowest BCUT2D eigenvalue weighted by Gasteiger charge is -2.18. The Balaban J connectivity index is 1.57. The molecular formula is C23H23N3O3S. The van der Waals surface area contributed by atoms with Gasteiger partial charge in [0.1, 0.15) is 11.5 Å². The zero-order valence-electron chi connectivity index (χ0n) is 17.2. The second-order valence-electron chi connectivity index (χ2n) is 7.04. The molecule has 7 heteroatoms. The number of nitrogens with zero attached hydrogens (tertiary/aromatic N) is 3. The van der Waals surface area contributed by atoms with Crippen LogP contribution in [0.2, 0.25) is 0 Å². The summed E-state index contributed by atoms with van der Waals surface area (Å²) in [5.74, 6) is 1.53. The van der Waals surface area contributed by atoms with E-state index < -0.39 is 0 Å². The van der Waals surface area contributed by atoms with Crippen LogP contribution in [0.25, 0.3) is 16.2 Å². The fourth-order valence-electron chi connectivity index (χ4n) is 3.46. The van der Waals surface area contributed by atoms with Crippen LogP contribution < -0.4 is 15.0 Å². The maximum absolute atomic E-state index is 12.8. The van der Waals surface area contributed by atoms with Crippen molar-refractivity contribution in [3.63, 3.8) is 0 Å². The first-order valence-electron chi connectivity index (χ1n) is 9.54. The van der Waals surface area contributed by atoms with E-state index in [4.69, 9.17) is 14.5 Å². The van der Waals surface area contributed by atoms with E-state index in [0.29, 0.717) is 18.1 Å². The first kappa shape index (κ1) is 20.1. The minimum Gasteiger partial charge on any atom is -0.497 e. The first-order chi connectivity index (χ1) is 14.6. The quantitative estimate of drug-likeness (QED) is 0.450. The average molecular weight is 422 g/mol. The molecule has 2 aromatic carbocycles. The highest BCUT2D eigenvalue weighted by Crippen LogP contribution is 2.26. The lowest BCUT2D eigenvalue weighted by atomic mass is 10.1. The smallest absolute Gasteiger partial charge is 0.259 e. The van der Waals surface area contributed by atoms with Crippen LogP contribution in [0.5, 0.6) is 11.5 Å². The van der Waals surface area contributed by atoms with Gasteiger partial charge in [0.15, 0.2) is 4.96 Å². The molecule has 4 aromatic rings. The number of rotatable bonds is 7. The number of methoxy groups -OCH3 is 2. The van der Waals surface area contributed by atoms with Crippen molar-refractivity contribution in [1.82, 2.24) is 14.3 Å². The van der Waals surface area contributed by atoms with Crippen LogP contribution in [0.4, 0.5) is 0 Å². The van der Waals surface area contributed by atoms with Gasteiger partial charge >= 0.3 is 0 Å². The van der Waals surface area contributed by atoms with Crippen molar-refractivity contribution < 1.29 is 9.47 Å². The van der Waals surface area contributed by atoms with Crippen molar-refractivity contribution >= 4 is 16.3 Å². The first-order valence-corrected chi connectivity index (χ1v) is 10.4. The Morgan fingerprint density at radius 2 is 1.83 bits per heavy atom. The van der Waals surface area contributed by atoms with Gasteiger partial charge in [-0.05, 0) is 18.7 Å². The average Bonchev–Trinajstić information content (AvgIpc) is 3.19. The summed E-state index contributed by atoms with van der Waals surface area (Å²) in [5.41, 5.74) is 3.60. The highest BCUT2D eigenvalue weighted by Gasteiger charge is 2.13. The van der Waals surface area contributed by atoms with Gasteiger partial charge in [-0.15, -0.1) is 11.3 Å². The minimum absolute atomic E-state index is 0.0643. The molecule has 0 radical (unpaired) electrons. The summed E-state index contributed by atoms with van der Waals surface area (Å²) in [6.45, 7) is 1.22. The van der Waals surface area contributed by atoms with Crippen molar-refractivity contribution in [2.75, 3.05) is 21.3 Å². The zero-order chi connectivity index (χ0) is 21.1. The standard InChI is InChI=1S/C23H23N3O3S/c1-25(13-17-9-10-19(28-2)12-21(17)29-3)14-18-11-22(27)26-20(15-30-23(26)24-18)16-7-5-4-6-8-16/h4-12,15H,13-14H2,1-3H3. The summed E-state index contributed by atoms with van der Waals surface area (Å²) in [7, 11) is 5.28. The van der Waals surface area contributed by atoms with E-state index in [2.05, 4.69) is 4.90 Å². The van der Waals surface area contributed by atoms with Crippen molar-refractivity contribution in [1.29, 1.82) is 0 Å². The van der Waals surface area contributed by atoms with Crippen molar-refractivity contribution in [3.8, 4) is 22.8 Å². The molecule has 0 aliphatic heterocycles. The Hall–Kier alpha value is -3.16. The molecule has 0 fully saturated rings. The largest absolute Gasteiger partial charge is 0.497 e. The summed E-state index contributed by atoms with van der Waals surface area (Å²) < 4.78 is 12.4. The zero-order valence-corrected chi connectivity index (χ0v) is 18.0. The summed E-state index contributed by atoms with van der Waals surface area (Å²) >= 11 is 1.48. The van der Waals surface area contributed by atoms with Crippen molar-refractivity contribution in [3.05, 3.63) is 81.6 Å². The maximum atomic E-state index is 12.8. The van der Waals surface area contributed by atoms with Crippen LogP contribution in [0.15, 0.2) is 64.8 Å². The van der Waals surface area contributed by atoms with Crippen LogP contribution in [0.1, 0.15) is 11.3 Å². The minimum atomic E-state index is -0.0643. The molecule has 2 heterocycles. The molecule has 0 bridgehead atoms. The lowest BCUT2D eigenvalue weighted by Crippen LogP contribution is -2.21. The number of hydrogen-bond acceptors (Lipinski definition) is 6. The molecule has 0 saturated heterocycles. The van der Waals surface area contributed by atoms with E-state index >= 15 is 0 Å². The number of aromatic nitrogens is 2. The summed E-state index contributed by atoms with van der Waals surface area (Å²) in [6.07, 6.45) is 0. The topological polar surface area (TPSA) is 56.1 Å². The molecule has 0 spiro atoms. The molecule has 0 atom stereocenters. The molecule has 0 N–H and O–H groups in total. The monoisotopic (exact) mass is 421 g/mol. The van der Waals surface area contributed by atoms with Gasteiger partial charge < -0.3 is 9.47 Å². The van der Waals surface area contributed by atoms with E-state index in [9.17, 15) is 4.79 Å². The third-order valence-corrected chi connectivity index (χ3v) is 5.72. The summed E-state index contributed by atoms with van der Waals surface area (Å²) in [6, 6.07) is 17.3. The SMILES string of the molecule is COc1ccc(CN(C)Cc2cc(=O)n3c(-c4ccccc4)csc3n2)c(OC)c1. The Morgan fingerprint density at radius 3 is 2.57 bits per heavy atom. The van der Waals surface area contributed by atoms with Gasteiger partial charge in [-0.25, -0.2) is 4.98 Å². The van der Waals surface area contributed by atoms with Gasteiger partial charge in [0.25, 0.3) is 5.56 Å². The van der Waals surface area contributed by atoms with Crippen LogP contribution in [-0.2, 0) is 13.1 Å². The van der Waals surface area contributed by atoms with Gasteiger partial charge in [-0.3, -0.25) is 14.1 Å². The molecule has 0 aliphatic carbocycles. The fraction of sp³-hybridized carbons (Fsp3) is 0.217. The molecule has 0 saturated carbocycles. The molecule has 0 unspecified atom stereocenters. The van der Waals surface area contributed by atoms with Crippen LogP contribution >= 0.6 is 11.3 Å². The van der Waals surface area contributed by atoms with Gasteiger partial charge in [0.2, 0.25) is 0 Å². The molecular weight excluding hydrogens is 398 g/mol. The van der Waals surface area contributed by atoms with E-state index in [-0.39, 0.29) is 5.56 Å². The third-order valence-electron chi connectivity index (χ3n) is 4.89. The number of benzene rings is 2. The van der Waals surface area contributed by atoms with Gasteiger partial charge in [0, 0.05) is 36.2 Å². The Bertz CT molecular complexity index is 1220. The molecule has 30 heavy (non-hydrogen) atoms. The molecule has 4 rings (SSSR count). The van der Waals surface area contributed by atoms with E-state index in [1.54, 1.807) is 24.7 Å². The molecule has 154 valence electrons. The van der Waals surface area contributed by atoms with Crippen molar-refractivity contribution in [2.45, 2.75) is 13.1 Å². The van der Waals surface area contributed by atoms with Gasteiger partial charge in [0.05, 0.1) is 25.6 Å². The van der Waals surface area contributed by atoms with E-state index in [1.807, 2.05) is 61.0 Å². The predicted molar refractivity (Wildman–Crippen MR) is 119 cm³/mol. The molecule has 0 amide bonds. The normalized spacial score (nSPS) is 11.2. The van der Waals surface area contributed by atoms with Gasteiger partial charge in [-0.1, -0.05) is 36.4 Å². The fourth-order valence-corrected chi connectivity index (χ4v) is 4.38. The predicted octanol–water partition coefficient (Wildman–Crippen LogP) is 4.07. The van der Waals surface area contributed by atoms with Crippen LogP contribution in [0, 0.1) is 0 Å². The van der Waals surface area contributed by atoms with E-state index in [0.717, 1.165) is 34.0 Å². The molecule has 6 nitrogen and oxygen atoms in total. The second kappa shape index (κ2) is 8.69. The maximum Gasteiger partial charge on any atom is 0.259 e. The number of ether oxygens (including phenoxy) is 2. The molecule has 2 aromatic heterocycles. The highest BCUT2D eigenvalue weighted by molar-refractivity contribution is 7.15. The lowest BCUT2D eigenvalue weighted by molar-refractivity contribution is 0.306. The third kappa shape index (κ3) is 4.08. The summed E-state index contributed by atoms with van der Waals surface area (Å²) in [5, 5.41) is 1.98. The number of fused-ring (bicyclic) bond motifs is 1. The van der Waals surface area contributed by atoms with Crippen LogP contribution in [0.3, 0.4) is 0 Å². The summed E-state index contributed by atoms with van der Waals surface area (Å²) in [4.78, 5) is 20.4. The Kier molecular flexibility index (Phi) is 5.83. The van der Waals surface area contributed by atoms with Crippen LogP contribution in [-0.4, -0.2) is 35.6 Å². The van der Waals surface area contributed by atoms with Gasteiger partial charge in [-0.2, -0.15) is 0 Å². The van der Waals surface area contributed by atoms with E-state index in [1.165, 1.54) is 11.3 Å². The number of hydrogen-bond donors (Lipinski definition) is 0. The number of thiazole rings is 1. The Morgan fingerprint density at radius 1 is 1.03 bits per heavy atom. The molecule has 0 aliphatic rings.